The third-order valence-electron chi connectivity index (χ3n) is 3.81. The molecule has 1 aliphatic rings. The summed E-state index contributed by atoms with van der Waals surface area (Å²) in [5, 5.41) is 3.16. The number of anilines is 2. The van der Waals surface area contributed by atoms with Crippen molar-refractivity contribution >= 4 is 22.9 Å². The number of nitrogens with two attached hydrogens (primary N) is 1. The van der Waals surface area contributed by atoms with Gasteiger partial charge in [0.15, 0.2) is 11.6 Å². The van der Waals surface area contributed by atoms with Crippen LogP contribution in [-0.4, -0.2) is 18.1 Å². The molecule has 0 spiro atoms. The molecular weight excluding hydrogens is 264 g/mol. The van der Waals surface area contributed by atoms with Gasteiger partial charge in [-0.25, -0.2) is 0 Å². The van der Waals surface area contributed by atoms with E-state index in [9.17, 15) is 9.59 Å². The number of aryl methyl sites for hydroxylation is 1. The maximum absolute atomic E-state index is 12.8. The molecule has 0 saturated carbocycles. The maximum Gasteiger partial charge on any atom is 0.196 e. The van der Waals surface area contributed by atoms with Gasteiger partial charge in [0.2, 0.25) is 0 Å². The van der Waals surface area contributed by atoms with E-state index in [1.165, 1.54) is 0 Å². The summed E-state index contributed by atoms with van der Waals surface area (Å²) >= 11 is 0. The van der Waals surface area contributed by atoms with Crippen LogP contribution in [0.4, 0.5) is 11.4 Å². The van der Waals surface area contributed by atoms with Gasteiger partial charge in [-0.05, 0) is 25.5 Å². The van der Waals surface area contributed by atoms with Crippen LogP contribution in [0.2, 0.25) is 0 Å². The van der Waals surface area contributed by atoms with Gasteiger partial charge in [0.25, 0.3) is 0 Å². The van der Waals surface area contributed by atoms with E-state index in [-0.39, 0.29) is 11.6 Å². The highest BCUT2D eigenvalue weighted by Gasteiger charge is 2.33. The van der Waals surface area contributed by atoms with E-state index in [0.717, 1.165) is 5.56 Å². The number of nitrogens with one attached hydrogen (secondary N) is 1. The van der Waals surface area contributed by atoms with Crippen molar-refractivity contribution < 1.29 is 9.59 Å². The average molecular weight is 280 g/mol. The highest BCUT2D eigenvalue weighted by atomic mass is 16.1. The van der Waals surface area contributed by atoms with Crippen molar-refractivity contribution in [2.75, 3.05) is 17.6 Å². The Hall–Kier alpha value is -2.62. The molecule has 0 fully saturated rings. The molecular formula is C17H16N2O2. The molecule has 21 heavy (non-hydrogen) atoms. The second-order valence-corrected chi connectivity index (χ2v) is 5.14. The molecule has 2 aromatic rings. The molecule has 0 saturated heterocycles. The lowest BCUT2D eigenvalue weighted by molar-refractivity contribution is 0.0980. The molecule has 0 amide bonds. The topological polar surface area (TPSA) is 72.2 Å². The molecule has 2 aromatic carbocycles. The molecule has 3 N–H and O–H groups in total. The summed E-state index contributed by atoms with van der Waals surface area (Å²) in [7, 11) is 0. The summed E-state index contributed by atoms with van der Waals surface area (Å²) in [5.41, 5.74) is 9.52. The number of nitrogen functional groups attached to an aromatic ring is 1. The van der Waals surface area contributed by atoms with Crippen LogP contribution in [0.25, 0.3) is 0 Å². The number of rotatable bonds is 2. The minimum Gasteiger partial charge on any atom is -0.398 e. The summed E-state index contributed by atoms with van der Waals surface area (Å²) in [6.45, 7) is 4.45. The van der Waals surface area contributed by atoms with Crippen LogP contribution in [-0.2, 0) is 0 Å². The molecule has 106 valence electrons. The minimum atomic E-state index is -0.180. The van der Waals surface area contributed by atoms with Crippen molar-refractivity contribution in [1.82, 2.24) is 0 Å². The van der Waals surface area contributed by atoms with E-state index in [1.54, 1.807) is 24.3 Å². The smallest absolute Gasteiger partial charge is 0.196 e. The monoisotopic (exact) mass is 280 g/mol. The highest BCUT2D eigenvalue weighted by Crippen LogP contribution is 2.37. The summed E-state index contributed by atoms with van der Waals surface area (Å²) in [4.78, 5) is 25.5. The summed E-state index contributed by atoms with van der Waals surface area (Å²) in [5.74, 6) is -0.330. The van der Waals surface area contributed by atoms with Gasteiger partial charge in [-0.15, -0.1) is 0 Å². The van der Waals surface area contributed by atoms with Gasteiger partial charge in [-0.2, -0.15) is 0 Å². The van der Waals surface area contributed by atoms with E-state index >= 15 is 0 Å². The van der Waals surface area contributed by atoms with Gasteiger partial charge >= 0.3 is 0 Å². The molecule has 0 unspecified atom stereocenters. The first-order chi connectivity index (χ1) is 10.1. The minimum absolute atomic E-state index is 0.150. The van der Waals surface area contributed by atoms with Crippen LogP contribution in [0.5, 0.6) is 0 Å². The van der Waals surface area contributed by atoms with Crippen molar-refractivity contribution in [3.8, 4) is 0 Å². The molecule has 0 radical (unpaired) electrons. The van der Waals surface area contributed by atoms with E-state index in [1.807, 2.05) is 19.9 Å². The number of fused-ring (bicyclic) bond motifs is 2. The fourth-order valence-electron chi connectivity index (χ4n) is 2.78. The van der Waals surface area contributed by atoms with Crippen LogP contribution < -0.4 is 11.1 Å². The SMILES string of the molecule is CCNc1cc(C)c(N)c2c1C(=O)c1ccccc1C2=O. The van der Waals surface area contributed by atoms with Crippen molar-refractivity contribution in [2.24, 2.45) is 0 Å². The van der Waals surface area contributed by atoms with E-state index in [2.05, 4.69) is 5.32 Å². The van der Waals surface area contributed by atoms with Crippen molar-refractivity contribution in [3.63, 3.8) is 0 Å². The fourth-order valence-corrected chi connectivity index (χ4v) is 2.78. The lowest BCUT2D eigenvalue weighted by atomic mass is 9.81. The first kappa shape index (κ1) is 13.4. The summed E-state index contributed by atoms with van der Waals surface area (Å²) in [6.07, 6.45) is 0. The largest absolute Gasteiger partial charge is 0.398 e. The van der Waals surface area contributed by atoms with E-state index in [4.69, 9.17) is 5.73 Å². The van der Waals surface area contributed by atoms with Crippen LogP contribution in [0.1, 0.15) is 44.3 Å². The second-order valence-electron chi connectivity index (χ2n) is 5.14. The molecule has 1 aliphatic carbocycles. The van der Waals surface area contributed by atoms with Crippen molar-refractivity contribution in [1.29, 1.82) is 0 Å². The van der Waals surface area contributed by atoms with Gasteiger partial charge in [0, 0.05) is 29.0 Å². The number of ketones is 2. The van der Waals surface area contributed by atoms with E-state index in [0.29, 0.717) is 40.2 Å². The summed E-state index contributed by atoms with van der Waals surface area (Å²) < 4.78 is 0. The van der Waals surface area contributed by atoms with Gasteiger partial charge in [0.1, 0.15) is 0 Å². The van der Waals surface area contributed by atoms with E-state index < -0.39 is 0 Å². The van der Waals surface area contributed by atoms with Gasteiger partial charge in [0.05, 0.1) is 11.1 Å². The van der Waals surface area contributed by atoms with Crippen LogP contribution in [0, 0.1) is 6.92 Å². The quantitative estimate of drug-likeness (QED) is 0.708. The Morgan fingerprint density at radius 2 is 1.62 bits per heavy atom. The molecule has 0 aliphatic heterocycles. The molecule has 4 nitrogen and oxygen atoms in total. The number of hydrogen-bond acceptors (Lipinski definition) is 4. The number of benzene rings is 2. The Kier molecular flexibility index (Phi) is 3.01. The Morgan fingerprint density at radius 3 is 2.19 bits per heavy atom. The average Bonchev–Trinajstić information content (AvgIpc) is 2.48. The number of carbonyl (C=O) groups is 2. The first-order valence-corrected chi connectivity index (χ1v) is 6.91. The zero-order valence-electron chi connectivity index (χ0n) is 12.0. The number of hydrogen-bond donors (Lipinski definition) is 2. The second kappa shape index (κ2) is 4.74. The maximum atomic E-state index is 12.8. The normalized spacial score (nSPS) is 12.9. The van der Waals surface area contributed by atoms with Crippen LogP contribution in [0.15, 0.2) is 30.3 Å². The lowest BCUT2D eigenvalue weighted by Crippen LogP contribution is -2.24. The standard InChI is InChI=1S/C17H16N2O2/c1-3-19-12-8-9(2)15(18)14-13(12)16(20)10-6-4-5-7-11(10)17(14)21/h4-8,19H,3,18H2,1-2H3. The van der Waals surface area contributed by atoms with Crippen molar-refractivity contribution in [3.05, 3.63) is 58.1 Å². The fraction of sp³-hybridized carbons (Fsp3) is 0.176. The molecule has 4 heteroatoms. The predicted octanol–water partition coefficient (Wildman–Crippen LogP) is 2.78. The predicted molar refractivity (Wildman–Crippen MR) is 83.1 cm³/mol. The zero-order chi connectivity index (χ0) is 15.1. The Labute approximate surface area is 123 Å². The zero-order valence-corrected chi connectivity index (χ0v) is 12.0. The summed E-state index contributed by atoms with van der Waals surface area (Å²) in [6, 6.07) is 8.71. The molecule has 3 rings (SSSR count). The molecule has 0 atom stereocenters. The highest BCUT2D eigenvalue weighted by molar-refractivity contribution is 6.32. The Balaban J connectivity index is 2.36. The Bertz CT molecular complexity index is 779. The van der Waals surface area contributed by atoms with Gasteiger partial charge in [-0.1, -0.05) is 24.3 Å². The lowest BCUT2D eigenvalue weighted by Gasteiger charge is -2.23. The molecule has 0 aromatic heterocycles. The van der Waals surface area contributed by atoms with Gasteiger partial charge < -0.3 is 11.1 Å². The third-order valence-corrected chi connectivity index (χ3v) is 3.81. The molecule has 0 bridgehead atoms. The number of carbonyl (C=O) groups excluding carboxylic acids is 2. The third kappa shape index (κ3) is 1.83. The Morgan fingerprint density at radius 1 is 1.05 bits per heavy atom. The van der Waals surface area contributed by atoms with Crippen molar-refractivity contribution in [2.45, 2.75) is 13.8 Å². The van der Waals surface area contributed by atoms with Crippen LogP contribution in [0.3, 0.4) is 0 Å². The first-order valence-electron chi connectivity index (χ1n) is 6.91. The molecule has 0 heterocycles. The van der Waals surface area contributed by atoms with Crippen LogP contribution >= 0.6 is 0 Å². The van der Waals surface area contributed by atoms with Gasteiger partial charge in [-0.3, -0.25) is 9.59 Å².